The van der Waals surface area contributed by atoms with Crippen LogP contribution < -0.4 is 5.73 Å². The lowest BCUT2D eigenvalue weighted by molar-refractivity contribution is -0.154. The second-order valence-electron chi connectivity index (χ2n) is 4.10. The summed E-state index contributed by atoms with van der Waals surface area (Å²) in [5.41, 5.74) is 4.99. The smallest absolute Gasteiger partial charge is 0.313 e. The van der Waals surface area contributed by atoms with E-state index < -0.39 is 5.41 Å². The Morgan fingerprint density at radius 2 is 2.29 bits per heavy atom. The van der Waals surface area contributed by atoms with Crippen LogP contribution in [0.25, 0.3) is 0 Å². The maximum absolute atomic E-state index is 11.6. The fraction of sp³-hybridized carbons (Fsp3) is 0.900. The molecule has 0 amide bonds. The molecule has 0 spiro atoms. The molecule has 1 saturated carbocycles. The largest absolute Gasteiger partial charge is 0.469 e. The highest BCUT2D eigenvalue weighted by Crippen LogP contribution is 2.42. The zero-order chi connectivity index (χ0) is 10.6. The molecular formula is C10H19NO3. The first-order valence-corrected chi connectivity index (χ1v) is 5.08. The average Bonchev–Trinajstić information content (AvgIpc) is 2.99. The molecule has 82 valence electrons. The molecule has 0 aliphatic heterocycles. The maximum Gasteiger partial charge on any atom is 0.313 e. The second-order valence-corrected chi connectivity index (χ2v) is 4.10. The Hall–Kier alpha value is -0.610. The van der Waals surface area contributed by atoms with E-state index in [1.54, 1.807) is 0 Å². The lowest BCUT2D eigenvalue weighted by atomic mass is 9.79. The molecule has 4 nitrogen and oxygen atoms in total. The number of aliphatic hydroxyl groups is 1. The molecule has 3 N–H and O–H groups in total. The minimum absolute atomic E-state index is 0.0149. The van der Waals surface area contributed by atoms with Gasteiger partial charge in [0.05, 0.1) is 12.5 Å². The summed E-state index contributed by atoms with van der Waals surface area (Å²) in [4.78, 5) is 11.6. The van der Waals surface area contributed by atoms with Crippen LogP contribution in [-0.4, -0.2) is 31.3 Å². The Morgan fingerprint density at radius 3 is 2.64 bits per heavy atom. The molecule has 0 aromatic carbocycles. The highest BCUT2D eigenvalue weighted by Gasteiger charge is 2.42. The Kier molecular flexibility index (Phi) is 3.89. The SMILES string of the molecule is COC(=O)C(CN)(CCO)CC1CC1. The summed E-state index contributed by atoms with van der Waals surface area (Å²) in [6.07, 6.45) is 3.51. The molecule has 1 aliphatic carbocycles. The number of nitrogens with two attached hydrogens (primary N) is 1. The Labute approximate surface area is 84.4 Å². The summed E-state index contributed by atoms with van der Waals surface area (Å²) in [6, 6.07) is 0. The first-order chi connectivity index (χ1) is 6.68. The first kappa shape index (κ1) is 11.5. The molecule has 0 heterocycles. The molecule has 1 unspecified atom stereocenters. The number of rotatable bonds is 6. The molecule has 0 saturated heterocycles. The van der Waals surface area contributed by atoms with E-state index in [2.05, 4.69) is 0 Å². The molecule has 4 heteroatoms. The third kappa shape index (κ3) is 2.45. The van der Waals surface area contributed by atoms with Gasteiger partial charge in [-0.05, 0) is 18.8 Å². The fourth-order valence-corrected chi connectivity index (χ4v) is 1.86. The fourth-order valence-electron chi connectivity index (χ4n) is 1.86. The number of carbonyl (C=O) groups excluding carboxylic acids is 1. The standard InChI is InChI=1S/C10H19NO3/c1-14-9(13)10(7-11,4-5-12)6-8-2-3-8/h8,12H,2-7,11H2,1H3. The van der Waals surface area contributed by atoms with Crippen molar-refractivity contribution in [1.82, 2.24) is 0 Å². The number of hydrogen-bond donors (Lipinski definition) is 2. The van der Waals surface area contributed by atoms with Crippen LogP contribution in [-0.2, 0) is 9.53 Å². The number of esters is 1. The van der Waals surface area contributed by atoms with Crippen molar-refractivity contribution >= 4 is 5.97 Å². The van der Waals surface area contributed by atoms with Crippen molar-refractivity contribution in [3.8, 4) is 0 Å². The van der Waals surface area contributed by atoms with Crippen molar-refractivity contribution in [3.63, 3.8) is 0 Å². The summed E-state index contributed by atoms with van der Waals surface area (Å²) < 4.78 is 4.76. The lowest BCUT2D eigenvalue weighted by Crippen LogP contribution is -2.41. The van der Waals surface area contributed by atoms with Crippen LogP contribution in [0.4, 0.5) is 0 Å². The van der Waals surface area contributed by atoms with Crippen molar-refractivity contribution in [2.24, 2.45) is 17.1 Å². The zero-order valence-electron chi connectivity index (χ0n) is 8.66. The van der Waals surface area contributed by atoms with E-state index in [4.69, 9.17) is 15.6 Å². The third-order valence-corrected chi connectivity index (χ3v) is 2.98. The van der Waals surface area contributed by atoms with Gasteiger partial charge in [0.2, 0.25) is 0 Å². The second kappa shape index (κ2) is 4.75. The van der Waals surface area contributed by atoms with Gasteiger partial charge >= 0.3 is 5.97 Å². The van der Waals surface area contributed by atoms with Crippen molar-refractivity contribution in [2.45, 2.75) is 25.7 Å². The van der Waals surface area contributed by atoms with Crippen molar-refractivity contribution in [3.05, 3.63) is 0 Å². The van der Waals surface area contributed by atoms with E-state index in [1.165, 1.54) is 20.0 Å². The Morgan fingerprint density at radius 1 is 1.64 bits per heavy atom. The highest BCUT2D eigenvalue weighted by atomic mass is 16.5. The molecular weight excluding hydrogens is 182 g/mol. The number of methoxy groups -OCH3 is 1. The number of hydrogen-bond acceptors (Lipinski definition) is 4. The van der Waals surface area contributed by atoms with Crippen molar-refractivity contribution in [2.75, 3.05) is 20.3 Å². The monoisotopic (exact) mass is 201 g/mol. The molecule has 0 aromatic rings. The predicted molar refractivity (Wildman–Crippen MR) is 52.5 cm³/mol. The topological polar surface area (TPSA) is 72.5 Å². The lowest BCUT2D eigenvalue weighted by Gasteiger charge is -2.28. The summed E-state index contributed by atoms with van der Waals surface area (Å²) in [5, 5.41) is 8.95. The van der Waals surface area contributed by atoms with E-state index in [0.717, 1.165) is 6.42 Å². The summed E-state index contributed by atoms with van der Waals surface area (Å²) in [5.74, 6) is 0.324. The van der Waals surface area contributed by atoms with Crippen LogP contribution in [0.3, 0.4) is 0 Å². The van der Waals surface area contributed by atoms with Crippen LogP contribution >= 0.6 is 0 Å². The Bertz CT molecular complexity index is 204. The number of carbonyl (C=O) groups is 1. The minimum atomic E-state index is -0.648. The van der Waals surface area contributed by atoms with E-state index in [1.807, 2.05) is 0 Å². The molecule has 1 rings (SSSR count). The van der Waals surface area contributed by atoms with Gasteiger partial charge in [-0.3, -0.25) is 4.79 Å². The normalized spacial score (nSPS) is 20.2. The quantitative estimate of drug-likeness (QED) is 0.606. The molecule has 0 bridgehead atoms. The van der Waals surface area contributed by atoms with Crippen LogP contribution in [0.15, 0.2) is 0 Å². The summed E-state index contributed by atoms with van der Waals surface area (Å²) in [7, 11) is 1.37. The van der Waals surface area contributed by atoms with Gasteiger partial charge in [-0.15, -0.1) is 0 Å². The van der Waals surface area contributed by atoms with Gasteiger partial charge in [-0.2, -0.15) is 0 Å². The van der Waals surface area contributed by atoms with Gasteiger partial charge in [0.15, 0.2) is 0 Å². The molecule has 1 fully saturated rings. The molecule has 0 aromatic heterocycles. The molecule has 14 heavy (non-hydrogen) atoms. The minimum Gasteiger partial charge on any atom is -0.469 e. The van der Waals surface area contributed by atoms with E-state index >= 15 is 0 Å². The molecule has 1 atom stereocenters. The van der Waals surface area contributed by atoms with Gasteiger partial charge in [0.1, 0.15) is 0 Å². The Balaban J connectivity index is 2.66. The van der Waals surface area contributed by atoms with Crippen LogP contribution in [0.2, 0.25) is 0 Å². The average molecular weight is 201 g/mol. The first-order valence-electron chi connectivity index (χ1n) is 5.08. The summed E-state index contributed by atoms with van der Waals surface area (Å²) in [6.45, 7) is 0.246. The van der Waals surface area contributed by atoms with E-state index in [-0.39, 0.29) is 19.1 Å². The van der Waals surface area contributed by atoms with E-state index in [9.17, 15) is 4.79 Å². The van der Waals surface area contributed by atoms with Gasteiger partial charge in [0, 0.05) is 13.2 Å². The van der Waals surface area contributed by atoms with E-state index in [0.29, 0.717) is 12.3 Å². The van der Waals surface area contributed by atoms with Gasteiger partial charge in [0.25, 0.3) is 0 Å². The van der Waals surface area contributed by atoms with Gasteiger partial charge in [-0.1, -0.05) is 12.8 Å². The third-order valence-electron chi connectivity index (χ3n) is 2.98. The zero-order valence-corrected chi connectivity index (χ0v) is 8.66. The maximum atomic E-state index is 11.6. The van der Waals surface area contributed by atoms with Crippen molar-refractivity contribution in [1.29, 1.82) is 0 Å². The van der Waals surface area contributed by atoms with Gasteiger partial charge < -0.3 is 15.6 Å². The van der Waals surface area contributed by atoms with Crippen LogP contribution in [0, 0.1) is 11.3 Å². The number of aliphatic hydroxyl groups excluding tert-OH is 1. The number of ether oxygens (including phenoxy) is 1. The van der Waals surface area contributed by atoms with Crippen LogP contribution in [0.1, 0.15) is 25.7 Å². The van der Waals surface area contributed by atoms with Gasteiger partial charge in [-0.25, -0.2) is 0 Å². The highest BCUT2D eigenvalue weighted by molar-refractivity contribution is 5.77. The molecule has 0 radical (unpaired) electrons. The predicted octanol–water partition coefficient (Wildman–Crippen LogP) is 0.287. The van der Waals surface area contributed by atoms with Crippen molar-refractivity contribution < 1.29 is 14.6 Å². The molecule has 1 aliphatic rings. The van der Waals surface area contributed by atoms with Crippen LogP contribution in [0.5, 0.6) is 0 Å². The summed E-state index contributed by atoms with van der Waals surface area (Å²) >= 11 is 0.